The highest BCUT2D eigenvalue weighted by molar-refractivity contribution is 7.13. The van der Waals surface area contributed by atoms with E-state index in [0.717, 1.165) is 5.56 Å². The lowest BCUT2D eigenvalue weighted by atomic mass is 10.3. The molecule has 0 unspecified atom stereocenters. The average Bonchev–Trinajstić information content (AvgIpc) is 3.02. The molecule has 110 valence electrons. The van der Waals surface area contributed by atoms with E-state index < -0.39 is 5.82 Å². The quantitative estimate of drug-likeness (QED) is 0.779. The molecule has 0 fully saturated rings. The number of benzene rings is 1. The first-order chi connectivity index (χ1) is 10.6. The molecule has 7 heteroatoms. The van der Waals surface area contributed by atoms with Crippen LogP contribution in [0.3, 0.4) is 0 Å². The van der Waals surface area contributed by atoms with Gasteiger partial charge in [-0.2, -0.15) is 0 Å². The van der Waals surface area contributed by atoms with Crippen molar-refractivity contribution in [2.45, 2.75) is 0 Å². The lowest BCUT2D eigenvalue weighted by Crippen LogP contribution is -2.12. The smallest absolute Gasteiger partial charge is 0.275 e. The Morgan fingerprint density at radius 3 is 2.91 bits per heavy atom. The molecule has 1 amide bonds. The van der Waals surface area contributed by atoms with Crippen LogP contribution >= 0.6 is 22.9 Å². The lowest BCUT2D eigenvalue weighted by Gasteiger charge is -2.04. The third-order valence-electron chi connectivity index (χ3n) is 2.82. The van der Waals surface area contributed by atoms with E-state index in [1.807, 2.05) is 6.07 Å². The molecule has 0 aliphatic heterocycles. The number of pyridine rings is 1. The first-order valence-electron chi connectivity index (χ1n) is 6.26. The molecule has 2 aromatic heterocycles. The average molecular weight is 334 g/mol. The fraction of sp³-hybridized carbons (Fsp3) is 0. The SMILES string of the molecule is O=C(Nc1ccc(F)c(Cl)c1)c1csc(-c2cccnc2)n1. The zero-order valence-electron chi connectivity index (χ0n) is 11.1. The van der Waals surface area contributed by atoms with Gasteiger partial charge in [0.05, 0.1) is 5.02 Å². The van der Waals surface area contributed by atoms with E-state index >= 15 is 0 Å². The maximum absolute atomic E-state index is 13.1. The highest BCUT2D eigenvalue weighted by Gasteiger charge is 2.13. The third-order valence-corrected chi connectivity index (χ3v) is 4.00. The van der Waals surface area contributed by atoms with Gasteiger partial charge in [0.1, 0.15) is 16.5 Å². The van der Waals surface area contributed by atoms with E-state index in [4.69, 9.17) is 11.6 Å². The van der Waals surface area contributed by atoms with Crippen LogP contribution in [-0.4, -0.2) is 15.9 Å². The Balaban J connectivity index is 1.78. The number of halogens is 2. The molecule has 1 aromatic carbocycles. The van der Waals surface area contributed by atoms with E-state index in [1.165, 1.54) is 29.5 Å². The Morgan fingerprint density at radius 2 is 2.18 bits per heavy atom. The highest BCUT2D eigenvalue weighted by Crippen LogP contribution is 2.24. The number of carbonyl (C=O) groups excluding carboxylic acids is 1. The largest absolute Gasteiger partial charge is 0.321 e. The van der Waals surface area contributed by atoms with E-state index in [1.54, 1.807) is 23.8 Å². The van der Waals surface area contributed by atoms with Gasteiger partial charge in [0.2, 0.25) is 0 Å². The Bertz CT molecular complexity index is 823. The summed E-state index contributed by atoms with van der Waals surface area (Å²) in [4.78, 5) is 20.4. The minimum absolute atomic E-state index is 0.0490. The molecule has 0 saturated heterocycles. The van der Waals surface area contributed by atoms with Crippen molar-refractivity contribution in [2.24, 2.45) is 0 Å². The molecular weight excluding hydrogens is 325 g/mol. The van der Waals surface area contributed by atoms with Crippen molar-refractivity contribution in [3.05, 3.63) is 64.6 Å². The minimum atomic E-state index is -0.535. The van der Waals surface area contributed by atoms with Crippen LogP contribution in [0.4, 0.5) is 10.1 Å². The first kappa shape index (κ1) is 14.6. The second kappa shape index (κ2) is 6.21. The molecule has 3 aromatic rings. The van der Waals surface area contributed by atoms with Gasteiger partial charge in [0, 0.05) is 29.0 Å². The lowest BCUT2D eigenvalue weighted by molar-refractivity contribution is 0.102. The number of hydrogen-bond acceptors (Lipinski definition) is 4. The standard InChI is InChI=1S/C15H9ClFN3OS/c16-11-6-10(3-4-12(11)17)19-14(21)13-8-22-15(20-13)9-2-1-5-18-7-9/h1-8H,(H,19,21). The molecule has 2 heterocycles. The molecule has 0 atom stereocenters. The first-order valence-corrected chi connectivity index (χ1v) is 7.51. The molecule has 0 radical (unpaired) electrons. The second-order valence-corrected chi connectivity index (χ2v) is 5.63. The summed E-state index contributed by atoms with van der Waals surface area (Å²) < 4.78 is 13.1. The number of nitrogens with zero attached hydrogens (tertiary/aromatic N) is 2. The topological polar surface area (TPSA) is 54.9 Å². The Morgan fingerprint density at radius 1 is 1.32 bits per heavy atom. The van der Waals surface area contributed by atoms with Crippen LogP contribution in [0.2, 0.25) is 5.02 Å². The molecule has 22 heavy (non-hydrogen) atoms. The molecule has 1 N–H and O–H groups in total. The number of hydrogen-bond donors (Lipinski definition) is 1. The van der Waals surface area contributed by atoms with Crippen LogP contribution in [0.25, 0.3) is 10.6 Å². The van der Waals surface area contributed by atoms with Gasteiger partial charge in [-0.05, 0) is 30.3 Å². The van der Waals surface area contributed by atoms with Crippen molar-refractivity contribution in [1.29, 1.82) is 0 Å². The predicted octanol–water partition coefficient (Wildman–Crippen LogP) is 4.25. The Labute approximate surface area is 134 Å². The zero-order chi connectivity index (χ0) is 15.5. The second-order valence-electron chi connectivity index (χ2n) is 4.36. The number of anilines is 1. The van der Waals surface area contributed by atoms with Gasteiger partial charge < -0.3 is 5.32 Å². The van der Waals surface area contributed by atoms with E-state index in [-0.39, 0.29) is 16.6 Å². The summed E-state index contributed by atoms with van der Waals surface area (Å²) in [5, 5.41) is 4.94. The number of rotatable bonds is 3. The van der Waals surface area contributed by atoms with E-state index in [2.05, 4.69) is 15.3 Å². The molecule has 0 bridgehead atoms. The summed E-state index contributed by atoms with van der Waals surface area (Å²) in [5.74, 6) is -0.916. The maximum atomic E-state index is 13.1. The van der Waals surface area contributed by atoms with Crippen LogP contribution < -0.4 is 5.32 Å². The normalized spacial score (nSPS) is 10.5. The van der Waals surface area contributed by atoms with Gasteiger partial charge in [-0.15, -0.1) is 11.3 Å². The molecule has 0 aliphatic carbocycles. The van der Waals surface area contributed by atoms with Crippen molar-refractivity contribution in [3.63, 3.8) is 0 Å². The summed E-state index contributed by atoms with van der Waals surface area (Å²) in [7, 11) is 0. The monoisotopic (exact) mass is 333 g/mol. The minimum Gasteiger partial charge on any atom is -0.321 e. The third kappa shape index (κ3) is 3.13. The van der Waals surface area contributed by atoms with Crippen LogP contribution in [-0.2, 0) is 0 Å². The van der Waals surface area contributed by atoms with Crippen molar-refractivity contribution in [3.8, 4) is 10.6 Å². The molecular formula is C15H9ClFN3OS. The van der Waals surface area contributed by atoms with Crippen molar-refractivity contribution in [2.75, 3.05) is 5.32 Å². The number of aromatic nitrogens is 2. The van der Waals surface area contributed by atoms with Gasteiger partial charge in [-0.25, -0.2) is 9.37 Å². The van der Waals surface area contributed by atoms with E-state index in [0.29, 0.717) is 10.7 Å². The van der Waals surface area contributed by atoms with Crippen LogP contribution in [0, 0.1) is 5.82 Å². The van der Waals surface area contributed by atoms with Gasteiger partial charge in [0.25, 0.3) is 5.91 Å². The number of nitrogens with one attached hydrogen (secondary N) is 1. The summed E-state index contributed by atoms with van der Waals surface area (Å²) in [6.07, 6.45) is 3.35. The predicted molar refractivity (Wildman–Crippen MR) is 84.7 cm³/mol. The summed E-state index contributed by atoms with van der Waals surface area (Å²) in [5.41, 5.74) is 1.54. The summed E-state index contributed by atoms with van der Waals surface area (Å²) >= 11 is 7.03. The van der Waals surface area contributed by atoms with Crippen LogP contribution in [0.1, 0.15) is 10.5 Å². The summed E-state index contributed by atoms with van der Waals surface area (Å²) in [6, 6.07) is 7.65. The maximum Gasteiger partial charge on any atom is 0.275 e. The van der Waals surface area contributed by atoms with Gasteiger partial charge in [-0.1, -0.05) is 11.6 Å². The van der Waals surface area contributed by atoms with Crippen molar-refractivity contribution >= 4 is 34.5 Å². The van der Waals surface area contributed by atoms with Crippen LogP contribution in [0.15, 0.2) is 48.1 Å². The molecule has 0 aliphatic rings. The van der Waals surface area contributed by atoms with Crippen molar-refractivity contribution < 1.29 is 9.18 Å². The fourth-order valence-electron chi connectivity index (χ4n) is 1.77. The Kier molecular flexibility index (Phi) is 4.13. The molecule has 0 saturated carbocycles. The fourth-order valence-corrected chi connectivity index (χ4v) is 2.74. The molecule has 3 rings (SSSR count). The number of carbonyl (C=O) groups is 1. The zero-order valence-corrected chi connectivity index (χ0v) is 12.7. The molecule has 0 spiro atoms. The number of amides is 1. The van der Waals surface area contributed by atoms with Crippen molar-refractivity contribution in [1.82, 2.24) is 9.97 Å². The van der Waals surface area contributed by atoms with E-state index in [9.17, 15) is 9.18 Å². The van der Waals surface area contributed by atoms with Gasteiger partial charge >= 0.3 is 0 Å². The Hall–Kier alpha value is -2.31. The highest BCUT2D eigenvalue weighted by atomic mass is 35.5. The van der Waals surface area contributed by atoms with Gasteiger partial charge in [0.15, 0.2) is 0 Å². The van der Waals surface area contributed by atoms with Crippen LogP contribution in [0.5, 0.6) is 0 Å². The summed E-state index contributed by atoms with van der Waals surface area (Å²) in [6.45, 7) is 0. The van der Waals surface area contributed by atoms with Gasteiger partial charge in [-0.3, -0.25) is 9.78 Å². The molecule has 4 nitrogen and oxygen atoms in total. The number of thiazole rings is 1.